The molecule has 0 saturated carbocycles. The van der Waals surface area contributed by atoms with Gasteiger partial charge in [-0.2, -0.15) is 0 Å². The van der Waals surface area contributed by atoms with Gasteiger partial charge in [0.2, 0.25) is 5.44 Å². The Hall–Kier alpha value is -0.780. The van der Waals surface area contributed by atoms with Crippen LogP contribution in [0.3, 0.4) is 0 Å². The summed E-state index contributed by atoms with van der Waals surface area (Å²) in [6.07, 6.45) is 1.32. The Kier molecular flexibility index (Phi) is 5.52. The summed E-state index contributed by atoms with van der Waals surface area (Å²) in [5, 5.41) is 0. The van der Waals surface area contributed by atoms with E-state index in [-0.39, 0.29) is 5.75 Å². The number of unbranched alkanes of at least 4 members (excludes halogenated alkanes) is 2. The van der Waals surface area contributed by atoms with E-state index in [4.69, 9.17) is 5.73 Å². The third kappa shape index (κ3) is 5.06. The third-order valence-corrected chi connectivity index (χ3v) is 3.79. The second-order valence-electron chi connectivity index (χ2n) is 3.08. The van der Waals surface area contributed by atoms with Crippen LogP contribution in [-0.2, 0) is 14.6 Å². The second kappa shape index (κ2) is 5.85. The van der Waals surface area contributed by atoms with Crippen LogP contribution in [0.2, 0.25) is 0 Å². The van der Waals surface area contributed by atoms with Gasteiger partial charge < -0.3 is 10.5 Å². The number of nitrogens with two attached hydrogens (primary N) is 1. The van der Waals surface area contributed by atoms with Crippen molar-refractivity contribution >= 4 is 15.9 Å². The number of hydrogen-bond acceptors (Lipinski definition) is 4. The molecule has 0 spiro atoms. The van der Waals surface area contributed by atoms with Gasteiger partial charge in [0.1, 0.15) is 0 Å². The summed E-state index contributed by atoms with van der Waals surface area (Å²) in [4.78, 5) is 10.3. The van der Waals surface area contributed by atoms with Gasteiger partial charge in [0.05, 0.1) is 5.75 Å². The van der Waals surface area contributed by atoms with E-state index in [1.807, 2.05) is 6.92 Å². The summed E-state index contributed by atoms with van der Waals surface area (Å²) in [6.45, 7) is 3.29. The molecule has 0 bridgehead atoms. The Balaban J connectivity index is 4.10. The Morgan fingerprint density at radius 3 is 2.43 bits per heavy atom. The molecule has 0 rings (SSSR count). The van der Waals surface area contributed by atoms with Gasteiger partial charge in [-0.15, -0.1) is 0 Å². The zero-order chi connectivity index (χ0) is 11.2. The zero-order valence-electron chi connectivity index (χ0n) is 8.52. The van der Waals surface area contributed by atoms with Gasteiger partial charge in [-0.1, -0.05) is 19.8 Å². The highest BCUT2D eigenvalue weighted by atomic mass is 32.2. The van der Waals surface area contributed by atoms with Crippen molar-refractivity contribution in [1.29, 1.82) is 0 Å². The molecule has 1 atom stereocenters. The highest BCUT2D eigenvalue weighted by Crippen LogP contribution is 2.07. The van der Waals surface area contributed by atoms with Gasteiger partial charge in [-0.05, 0) is 13.3 Å². The van der Waals surface area contributed by atoms with E-state index in [1.54, 1.807) is 0 Å². The molecule has 0 radical (unpaired) electrons. The van der Waals surface area contributed by atoms with Crippen LogP contribution in [0, 0.1) is 0 Å². The van der Waals surface area contributed by atoms with Crippen LogP contribution < -0.4 is 5.73 Å². The highest BCUT2D eigenvalue weighted by Gasteiger charge is 2.22. The van der Waals surface area contributed by atoms with Crippen molar-refractivity contribution in [3.8, 4) is 0 Å². The number of carbonyl (C=O) groups excluding carboxylic acids is 1. The maximum Gasteiger partial charge on any atom is 0.405 e. The minimum atomic E-state index is -3.35. The van der Waals surface area contributed by atoms with Gasteiger partial charge in [-0.3, -0.25) is 0 Å². The number of carbonyl (C=O) groups is 1. The predicted octanol–water partition coefficient (Wildman–Crippen LogP) is 1.03. The molecule has 0 saturated heterocycles. The molecular weight excluding hydrogens is 206 g/mol. The number of sulfone groups is 1. The molecule has 1 amide bonds. The molecule has 0 aliphatic heterocycles. The van der Waals surface area contributed by atoms with E-state index in [1.165, 1.54) is 6.92 Å². The summed E-state index contributed by atoms with van der Waals surface area (Å²) in [7, 11) is -3.35. The average molecular weight is 223 g/mol. The maximum absolute atomic E-state index is 11.4. The normalized spacial score (nSPS) is 13.6. The number of amides is 1. The van der Waals surface area contributed by atoms with Crippen molar-refractivity contribution in [3.63, 3.8) is 0 Å². The first-order valence-corrected chi connectivity index (χ1v) is 6.29. The van der Waals surface area contributed by atoms with Gasteiger partial charge in [0, 0.05) is 0 Å². The molecule has 0 heterocycles. The maximum atomic E-state index is 11.4. The zero-order valence-corrected chi connectivity index (χ0v) is 9.34. The first-order valence-electron chi connectivity index (χ1n) is 4.57. The summed E-state index contributed by atoms with van der Waals surface area (Å²) < 4.78 is 27.2. The number of hydrogen-bond donors (Lipinski definition) is 1. The fraction of sp³-hybridized carbons (Fsp3) is 0.875. The summed E-state index contributed by atoms with van der Waals surface area (Å²) >= 11 is 0. The molecule has 0 fully saturated rings. The quantitative estimate of drug-likeness (QED) is 0.681. The standard InChI is InChI=1S/C8H17NO4S/c1-3-4-5-6-14(11,12)7(2)13-8(9)10/h7H,3-6H2,1-2H3,(H2,9,10). The van der Waals surface area contributed by atoms with Gasteiger partial charge >= 0.3 is 6.09 Å². The lowest BCUT2D eigenvalue weighted by molar-refractivity contribution is 0.147. The van der Waals surface area contributed by atoms with Crippen molar-refractivity contribution in [3.05, 3.63) is 0 Å². The summed E-state index contributed by atoms with van der Waals surface area (Å²) in [5.74, 6) is 0.0370. The summed E-state index contributed by atoms with van der Waals surface area (Å²) in [6, 6.07) is 0. The van der Waals surface area contributed by atoms with Crippen LogP contribution in [0.25, 0.3) is 0 Å². The van der Waals surface area contributed by atoms with Crippen molar-refractivity contribution in [1.82, 2.24) is 0 Å². The Labute approximate surface area is 84.5 Å². The molecule has 84 valence electrons. The largest absolute Gasteiger partial charge is 0.430 e. The molecule has 0 aromatic carbocycles. The fourth-order valence-electron chi connectivity index (χ4n) is 0.956. The Bertz CT molecular complexity index is 273. The van der Waals surface area contributed by atoms with Crippen LogP contribution in [-0.4, -0.2) is 25.7 Å². The lowest BCUT2D eigenvalue weighted by atomic mass is 10.3. The van der Waals surface area contributed by atoms with E-state index < -0.39 is 21.4 Å². The minimum Gasteiger partial charge on any atom is -0.430 e. The van der Waals surface area contributed by atoms with E-state index in [0.29, 0.717) is 6.42 Å². The number of rotatable bonds is 6. The van der Waals surface area contributed by atoms with E-state index in [2.05, 4.69) is 4.74 Å². The summed E-state index contributed by atoms with van der Waals surface area (Å²) in [5.41, 5.74) is 3.58. The number of ether oxygens (including phenoxy) is 1. The first kappa shape index (κ1) is 13.2. The average Bonchev–Trinajstić information content (AvgIpc) is 2.03. The molecule has 6 heteroatoms. The molecule has 0 aliphatic carbocycles. The first-order chi connectivity index (χ1) is 6.40. The molecule has 0 aromatic heterocycles. The van der Waals surface area contributed by atoms with Crippen LogP contribution >= 0.6 is 0 Å². The van der Waals surface area contributed by atoms with Gasteiger partial charge in [0.15, 0.2) is 9.84 Å². The van der Waals surface area contributed by atoms with Crippen LogP contribution in [0.1, 0.15) is 33.1 Å². The smallest absolute Gasteiger partial charge is 0.405 e. The SMILES string of the molecule is CCCCCS(=O)(=O)C(C)OC(N)=O. The lowest BCUT2D eigenvalue weighted by Crippen LogP contribution is -2.29. The Morgan fingerprint density at radius 1 is 1.43 bits per heavy atom. The van der Waals surface area contributed by atoms with Crippen molar-refractivity contribution < 1.29 is 17.9 Å². The molecule has 5 nitrogen and oxygen atoms in total. The van der Waals surface area contributed by atoms with E-state index in [0.717, 1.165) is 12.8 Å². The van der Waals surface area contributed by atoms with Gasteiger partial charge in [0.25, 0.3) is 0 Å². The highest BCUT2D eigenvalue weighted by molar-refractivity contribution is 7.91. The molecule has 14 heavy (non-hydrogen) atoms. The predicted molar refractivity (Wildman–Crippen MR) is 53.4 cm³/mol. The third-order valence-electron chi connectivity index (χ3n) is 1.82. The van der Waals surface area contributed by atoms with Gasteiger partial charge in [-0.25, -0.2) is 13.2 Å². The topological polar surface area (TPSA) is 86.5 Å². The fourth-order valence-corrected chi connectivity index (χ4v) is 2.14. The van der Waals surface area contributed by atoms with E-state index >= 15 is 0 Å². The molecule has 0 aliphatic rings. The molecule has 1 unspecified atom stereocenters. The van der Waals surface area contributed by atoms with Crippen molar-refractivity contribution in [2.45, 2.75) is 38.5 Å². The number of primary amides is 1. The van der Waals surface area contributed by atoms with Crippen molar-refractivity contribution in [2.75, 3.05) is 5.75 Å². The molecule has 2 N–H and O–H groups in total. The lowest BCUT2D eigenvalue weighted by Gasteiger charge is -2.11. The van der Waals surface area contributed by atoms with Crippen LogP contribution in [0.15, 0.2) is 0 Å². The Morgan fingerprint density at radius 2 is 2.00 bits per heavy atom. The van der Waals surface area contributed by atoms with Crippen LogP contribution in [0.4, 0.5) is 4.79 Å². The molecule has 0 aromatic rings. The minimum absolute atomic E-state index is 0.0370. The van der Waals surface area contributed by atoms with Crippen molar-refractivity contribution in [2.24, 2.45) is 5.73 Å². The monoisotopic (exact) mass is 223 g/mol. The van der Waals surface area contributed by atoms with Crippen LogP contribution in [0.5, 0.6) is 0 Å². The second-order valence-corrected chi connectivity index (χ2v) is 5.48. The van der Waals surface area contributed by atoms with E-state index in [9.17, 15) is 13.2 Å². The molecular formula is C8H17NO4S.